The third-order valence-electron chi connectivity index (χ3n) is 2.89. The zero-order valence-electron chi connectivity index (χ0n) is 11.0. The largest absolute Gasteiger partial charge is 0.496 e. The Balaban J connectivity index is 2.26. The van der Waals surface area contributed by atoms with Crippen LogP contribution in [0, 0.1) is 0 Å². The molecule has 1 unspecified atom stereocenters. The fourth-order valence-corrected chi connectivity index (χ4v) is 1.93. The van der Waals surface area contributed by atoms with Crippen LogP contribution in [0.4, 0.5) is 0 Å². The van der Waals surface area contributed by atoms with E-state index in [9.17, 15) is 4.79 Å². The number of nitrogens with two attached hydrogens (primary N) is 1. The molecule has 104 valence electrons. The average Bonchev–Trinajstić information content (AvgIpc) is 2.45. The van der Waals surface area contributed by atoms with Gasteiger partial charge in [-0.05, 0) is 6.07 Å². The second-order valence-corrected chi connectivity index (χ2v) is 4.14. The Morgan fingerprint density at radius 2 is 1.95 bits per heavy atom. The molecule has 0 amide bonds. The molecule has 0 saturated heterocycles. The molecule has 0 fully saturated rings. The van der Waals surface area contributed by atoms with Gasteiger partial charge in [0.15, 0.2) is 11.5 Å². The van der Waals surface area contributed by atoms with Gasteiger partial charge in [0, 0.05) is 18.1 Å². The van der Waals surface area contributed by atoms with Gasteiger partial charge in [0.05, 0.1) is 14.2 Å². The van der Waals surface area contributed by atoms with Gasteiger partial charge in [-0.3, -0.25) is 4.79 Å². The van der Waals surface area contributed by atoms with Crippen molar-refractivity contribution >= 4 is 5.97 Å². The van der Waals surface area contributed by atoms with Gasteiger partial charge in [0.25, 0.3) is 0 Å². The van der Waals surface area contributed by atoms with E-state index in [1.54, 1.807) is 19.2 Å². The summed E-state index contributed by atoms with van der Waals surface area (Å²) in [4.78, 5) is 11.4. The van der Waals surface area contributed by atoms with Crippen molar-refractivity contribution in [3.63, 3.8) is 0 Å². The number of ether oxygens (including phenoxy) is 4. The molecule has 19 heavy (non-hydrogen) atoms. The van der Waals surface area contributed by atoms with Gasteiger partial charge in [-0.2, -0.15) is 0 Å². The van der Waals surface area contributed by atoms with Crippen LogP contribution in [-0.4, -0.2) is 39.4 Å². The zero-order chi connectivity index (χ0) is 13.8. The van der Waals surface area contributed by atoms with E-state index in [0.29, 0.717) is 36.9 Å². The van der Waals surface area contributed by atoms with E-state index in [-0.39, 0.29) is 0 Å². The van der Waals surface area contributed by atoms with Gasteiger partial charge in [-0.1, -0.05) is 0 Å². The fraction of sp³-hybridized carbons (Fsp3) is 0.462. The second-order valence-electron chi connectivity index (χ2n) is 4.14. The van der Waals surface area contributed by atoms with E-state index in [4.69, 9.17) is 19.9 Å². The first kappa shape index (κ1) is 13.5. The third-order valence-corrected chi connectivity index (χ3v) is 2.89. The molecule has 1 aromatic carbocycles. The molecule has 2 N–H and O–H groups in total. The van der Waals surface area contributed by atoms with Crippen LogP contribution in [0.15, 0.2) is 12.1 Å². The number of methoxy groups -OCH3 is 2. The maximum absolute atomic E-state index is 11.4. The molecule has 0 spiro atoms. The summed E-state index contributed by atoms with van der Waals surface area (Å²) in [5, 5.41) is 0. The van der Waals surface area contributed by atoms with E-state index in [1.807, 2.05) is 0 Å². The molecular weight excluding hydrogens is 250 g/mol. The van der Waals surface area contributed by atoms with Crippen LogP contribution >= 0.6 is 0 Å². The predicted molar refractivity (Wildman–Crippen MR) is 67.7 cm³/mol. The van der Waals surface area contributed by atoms with Crippen molar-refractivity contribution in [3.8, 4) is 17.2 Å². The maximum atomic E-state index is 11.4. The number of benzene rings is 1. The highest BCUT2D eigenvalue weighted by Crippen LogP contribution is 2.37. The highest BCUT2D eigenvalue weighted by atomic mass is 16.6. The minimum absolute atomic E-state index is 0.312. The van der Waals surface area contributed by atoms with E-state index < -0.39 is 12.0 Å². The molecule has 1 aromatic rings. The Morgan fingerprint density at radius 3 is 2.53 bits per heavy atom. The summed E-state index contributed by atoms with van der Waals surface area (Å²) < 4.78 is 20.9. The maximum Gasteiger partial charge on any atom is 0.322 e. The van der Waals surface area contributed by atoms with E-state index in [0.717, 1.165) is 5.56 Å². The van der Waals surface area contributed by atoms with Crippen LogP contribution in [0.2, 0.25) is 0 Å². The van der Waals surface area contributed by atoms with Crippen LogP contribution in [0.25, 0.3) is 0 Å². The molecule has 6 heteroatoms. The number of esters is 1. The van der Waals surface area contributed by atoms with Gasteiger partial charge in [0.1, 0.15) is 25.0 Å². The molecular formula is C13H17NO5. The van der Waals surface area contributed by atoms with E-state index in [2.05, 4.69) is 4.74 Å². The summed E-state index contributed by atoms with van der Waals surface area (Å²) in [5.74, 6) is 1.43. The summed E-state index contributed by atoms with van der Waals surface area (Å²) in [6, 6.07) is 2.80. The minimum Gasteiger partial charge on any atom is -0.496 e. The van der Waals surface area contributed by atoms with Crippen LogP contribution in [0.1, 0.15) is 5.56 Å². The second kappa shape index (κ2) is 5.79. The first-order chi connectivity index (χ1) is 9.15. The molecule has 0 aliphatic carbocycles. The molecule has 0 bridgehead atoms. The van der Waals surface area contributed by atoms with Crippen LogP contribution in [0.5, 0.6) is 17.2 Å². The number of hydrogen-bond donors (Lipinski definition) is 1. The van der Waals surface area contributed by atoms with Gasteiger partial charge in [-0.25, -0.2) is 0 Å². The minimum atomic E-state index is -0.735. The van der Waals surface area contributed by atoms with Crippen molar-refractivity contribution in [1.82, 2.24) is 0 Å². The summed E-state index contributed by atoms with van der Waals surface area (Å²) in [5.41, 5.74) is 6.54. The van der Waals surface area contributed by atoms with Gasteiger partial charge in [0.2, 0.25) is 0 Å². The summed E-state index contributed by atoms with van der Waals surface area (Å²) in [6.45, 7) is 1.01. The molecule has 1 aliphatic heterocycles. The summed E-state index contributed by atoms with van der Waals surface area (Å²) in [7, 11) is 2.86. The summed E-state index contributed by atoms with van der Waals surface area (Å²) in [6.07, 6.45) is 0.312. The topological polar surface area (TPSA) is 80.0 Å². The SMILES string of the molecule is COC(=O)C(N)Cc1cc2c(cc1OC)OCCO2. The molecule has 0 radical (unpaired) electrons. The average molecular weight is 267 g/mol. The molecule has 1 heterocycles. The van der Waals surface area contributed by atoms with Crippen molar-refractivity contribution in [2.75, 3.05) is 27.4 Å². The Hall–Kier alpha value is -1.95. The van der Waals surface area contributed by atoms with Gasteiger partial charge >= 0.3 is 5.97 Å². The molecule has 1 aliphatic rings. The van der Waals surface area contributed by atoms with E-state index in [1.165, 1.54) is 7.11 Å². The number of carbonyl (C=O) groups is 1. The molecule has 6 nitrogen and oxygen atoms in total. The lowest BCUT2D eigenvalue weighted by Crippen LogP contribution is -2.33. The van der Waals surface area contributed by atoms with Crippen molar-refractivity contribution < 1.29 is 23.7 Å². The number of rotatable bonds is 4. The Kier molecular flexibility index (Phi) is 4.11. The Labute approximate surface area is 111 Å². The Bertz CT molecular complexity index is 474. The van der Waals surface area contributed by atoms with E-state index >= 15 is 0 Å². The van der Waals surface area contributed by atoms with Crippen molar-refractivity contribution in [1.29, 1.82) is 0 Å². The third kappa shape index (κ3) is 2.90. The van der Waals surface area contributed by atoms with Crippen molar-refractivity contribution in [2.45, 2.75) is 12.5 Å². The predicted octanol–water partition coefficient (Wildman–Crippen LogP) is 0.509. The monoisotopic (exact) mass is 267 g/mol. The summed E-state index contributed by atoms with van der Waals surface area (Å²) >= 11 is 0. The van der Waals surface area contributed by atoms with Crippen LogP contribution in [-0.2, 0) is 16.0 Å². The zero-order valence-corrected chi connectivity index (χ0v) is 11.0. The molecule has 1 atom stereocenters. The molecule has 0 saturated carbocycles. The lowest BCUT2D eigenvalue weighted by Gasteiger charge is -2.21. The molecule has 2 rings (SSSR count). The Morgan fingerprint density at radius 1 is 1.32 bits per heavy atom. The lowest BCUT2D eigenvalue weighted by atomic mass is 10.0. The lowest BCUT2D eigenvalue weighted by molar-refractivity contribution is -0.142. The smallest absolute Gasteiger partial charge is 0.322 e. The van der Waals surface area contributed by atoms with Crippen molar-refractivity contribution in [2.24, 2.45) is 5.73 Å². The normalized spacial score (nSPS) is 14.7. The van der Waals surface area contributed by atoms with Crippen molar-refractivity contribution in [3.05, 3.63) is 17.7 Å². The number of hydrogen-bond acceptors (Lipinski definition) is 6. The number of carbonyl (C=O) groups excluding carboxylic acids is 1. The van der Waals surface area contributed by atoms with Crippen LogP contribution < -0.4 is 19.9 Å². The van der Waals surface area contributed by atoms with Gasteiger partial charge < -0.3 is 24.7 Å². The standard InChI is InChI=1S/C13H17NO5/c1-16-10-7-12-11(18-3-4-19-12)6-8(10)5-9(14)13(15)17-2/h6-7,9H,3-5,14H2,1-2H3. The first-order valence-corrected chi connectivity index (χ1v) is 5.95. The van der Waals surface area contributed by atoms with Gasteiger partial charge in [-0.15, -0.1) is 0 Å². The first-order valence-electron chi connectivity index (χ1n) is 5.95. The highest BCUT2D eigenvalue weighted by Gasteiger charge is 2.21. The fourth-order valence-electron chi connectivity index (χ4n) is 1.93. The number of fused-ring (bicyclic) bond motifs is 1. The quantitative estimate of drug-likeness (QED) is 0.801. The van der Waals surface area contributed by atoms with Crippen LogP contribution in [0.3, 0.4) is 0 Å². The molecule has 0 aromatic heterocycles. The highest BCUT2D eigenvalue weighted by molar-refractivity contribution is 5.76.